The molecule has 272 valence electrons. The van der Waals surface area contributed by atoms with Crippen LogP contribution in [0.1, 0.15) is 50.5 Å². The summed E-state index contributed by atoms with van der Waals surface area (Å²) in [7, 11) is 3.23. The Morgan fingerprint density at radius 2 is 1.70 bits per heavy atom. The zero-order valence-electron chi connectivity index (χ0n) is 29.4. The molecule has 1 unspecified atom stereocenters. The molecule has 1 saturated heterocycles. The molecule has 0 bridgehead atoms. The van der Waals surface area contributed by atoms with Crippen molar-refractivity contribution in [2.24, 2.45) is 11.5 Å². The number of benzene rings is 2. The van der Waals surface area contributed by atoms with Crippen LogP contribution in [0.25, 0.3) is 28.0 Å². The molecule has 0 aliphatic carbocycles. The smallest absolute Gasteiger partial charge is 0.285 e. The molecule has 6 rings (SSSR count). The molecule has 1 aliphatic rings. The van der Waals surface area contributed by atoms with E-state index in [1.54, 1.807) is 80.3 Å². The average molecular weight is 743 g/mol. The molecule has 54 heavy (non-hydrogen) atoms. The van der Waals surface area contributed by atoms with Crippen LogP contribution in [0.2, 0.25) is 0 Å². The van der Waals surface area contributed by atoms with Gasteiger partial charge in [0.15, 0.2) is 11.1 Å². The lowest BCUT2D eigenvalue weighted by Gasteiger charge is -2.15. The summed E-state index contributed by atoms with van der Waals surface area (Å²) in [5.74, 6) is 8.80. The molecule has 4 heterocycles. The number of rotatable bonds is 6. The fraction of sp³-hybridized carbons (Fsp3) is 0.205. The molecule has 3 aromatic heterocycles. The molecule has 14 nitrogen and oxygen atoms in total. The van der Waals surface area contributed by atoms with Crippen LogP contribution in [-0.4, -0.2) is 96.9 Å². The van der Waals surface area contributed by atoms with E-state index in [4.69, 9.17) is 11.5 Å². The fourth-order valence-corrected chi connectivity index (χ4v) is 5.96. The standard InChI is InChI=1S/C22H17N5O3.C17H17N3O3S/c1-26-10-8-22(30,21(26)29)7-5-14-3-2-4-16(11-14)18-17-12-15(13-23)6-9-27(17)20(25-18)19(24)28;1-3-20(2)17(23)14(21)8-7-11-5-4-6-12(9-11)13-10-24-16(19-13)15(18)22/h2-4,6,9,11-12,30H,8,10H2,1H3,(H2,24,28);4-6,9-10,14,21H,3H2,1-2H3,(H2,18,22)/t;14-/m.1/s1. The Labute approximate surface area is 314 Å². The Morgan fingerprint density at radius 1 is 1.02 bits per heavy atom. The first-order chi connectivity index (χ1) is 25.7. The lowest BCUT2D eigenvalue weighted by Crippen LogP contribution is -2.37. The van der Waals surface area contributed by atoms with Crippen molar-refractivity contribution in [2.45, 2.75) is 25.0 Å². The second-order valence-corrected chi connectivity index (χ2v) is 13.0. The van der Waals surface area contributed by atoms with Gasteiger partial charge in [-0.25, -0.2) is 9.97 Å². The van der Waals surface area contributed by atoms with E-state index in [-0.39, 0.29) is 17.3 Å². The number of thiazole rings is 1. The minimum absolute atomic E-state index is 0.0508. The van der Waals surface area contributed by atoms with Gasteiger partial charge in [0.2, 0.25) is 11.4 Å². The highest BCUT2D eigenvalue weighted by molar-refractivity contribution is 7.12. The Balaban J connectivity index is 0.000000213. The maximum atomic E-state index is 12.1. The first-order valence-corrected chi connectivity index (χ1v) is 17.3. The van der Waals surface area contributed by atoms with E-state index in [1.807, 2.05) is 13.0 Å². The van der Waals surface area contributed by atoms with Gasteiger partial charge in [-0.1, -0.05) is 47.9 Å². The quantitative estimate of drug-likeness (QED) is 0.187. The fourth-order valence-electron chi connectivity index (χ4n) is 5.28. The van der Waals surface area contributed by atoms with Crippen LogP contribution in [0.15, 0.2) is 72.2 Å². The summed E-state index contributed by atoms with van der Waals surface area (Å²) in [6.45, 7) is 2.76. The zero-order valence-corrected chi connectivity index (χ0v) is 30.2. The van der Waals surface area contributed by atoms with E-state index in [1.165, 1.54) is 25.5 Å². The molecule has 1 aliphatic heterocycles. The van der Waals surface area contributed by atoms with Gasteiger partial charge in [-0.3, -0.25) is 23.6 Å². The lowest BCUT2D eigenvalue weighted by molar-refractivity contribution is -0.137. The maximum absolute atomic E-state index is 12.1. The van der Waals surface area contributed by atoms with Crippen molar-refractivity contribution in [3.05, 3.63) is 99.8 Å². The summed E-state index contributed by atoms with van der Waals surface area (Å²) >= 11 is 1.17. The van der Waals surface area contributed by atoms with Crippen LogP contribution in [0.5, 0.6) is 0 Å². The summed E-state index contributed by atoms with van der Waals surface area (Å²) in [5.41, 5.74) is 13.7. The van der Waals surface area contributed by atoms with Gasteiger partial charge in [0.1, 0.15) is 0 Å². The summed E-state index contributed by atoms with van der Waals surface area (Å²) in [6.07, 6.45) is 0.463. The molecule has 0 spiro atoms. The Morgan fingerprint density at radius 3 is 2.31 bits per heavy atom. The third-order valence-electron chi connectivity index (χ3n) is 8.36. The number of carbonyl (C=O) groups excluding carboxylic acids is 4. The number of pyridine rings is 1. The minimum atomic E-state index is -1.69. The molecular formula is C39H34N8O6S. The van der Waals surface area contributed by atoms with E-state index in [0.29, 0.717) is 52.2 Å². The SMILES string of the molecule is CCN(C)C(=O)[C@H](O)C#Cc1cccc(-c2csc(C(N)=O)n2)c1.CN1CCC(O)(C#Cc2cccc(-c3nc(C(N)=O)n4ccc(C#N)cc34)c2)C1=O. The topological polar surface area (TPSA) is 221 Å². The third kappa shape index (κ3) is 8.44. The van der Waals surface area contributed by atoms with Crippen molar-refractivity contribution in [2.75, 3.05) is 27.2 Å². The number of imidazole rings is 1. The Kier molecular flexibility index (Phi) is 11.5. The molecule has 6 N–H and O–H groups in total. The maximum Gasteiger partial charge on any atom is 0.285 e. The first-order valence-electron chi connectivity index (χ1n) is 16.4. The third-order valence-corrected chi connectivity index (χ3v) is 9.22. The van der Waals surface area contributed by atoms with Crippen LogP contribution in [0.4, 0.5) is 0 Å². The highest BCUT2D eigenvalue weighted by atomic mass is 32.1. The van der Waals surface area contributed by atoms with Crippen molar-refractivity contribution < 1.29 is 29.4 Å². The van der Waals surface area contributed by atoms with Crippen molar-refractivity contribution in [3.8, 4) is 52.3 Å². The number of primary amides is 2. The molecule has 0 saturated carbocycles. The van der Waals surface area contributed by atoms with Crippen molar-refractivity contribution in [1.29, 1.82) is 5.26 Å². The Hall–Kier alpha value is -6.83. The van der Waals surface area contributed by atoms with Crippen molar-refractivity contribution >= 4 is 40.5 Å². The normalized spacial score (nSPS) is 15.1. The van der Waals surface area contributed by atoms with Gasteiger partial charge in [-0.05, 0) is 43.3 Å². The van der Waals surface area contributed by atoms with Crippen LogP contribution >= 0.6 is 11.3 Å². The Bertz CT molecular complexity index is 2460. The van der Waals surface area contributed by atoms with E-state index in [2.05, 4.69) is 39.7 Å². The monoisotopic (exact) mass is 742 g/mol. The van der Waals surface area contributed by atoms with Gasteiger partial charge in [0.25, 0.3) is 23.6 Å². The van der Waals surface area contributed by atoms with Crippen LogP contribution < -0.4 is 11.5 Å². The number of aliphatic hydroxyl groups excluding tert-OH is 1. The highest BCUT2D eigenvalue weighted by Gasteiger charge is 2.42. The van der Waals surface area contributed by atoms with Gasteiger partial charge in [-0.15, -0.1) is 11.3 Å². The van der Waals surface area contributed by atoms with E-state index >= 15 is 0 Å². The number of amides is 4. The van der Waals surface area contributed by atoms with Gasteiger partial charge in [0.05, 0.1) is 28.5 Å². The second-order valence-electron chi connectivity index (χ2n) is 12.1. The predicted molar refractivity (Wildman–Crippen MR) is 200 cm³/mol. The van der Waals surface area contributed by atoms with Crippen LogP contribution in [0.3, 0.4) is 0 Å². The van der Waals surface area contributed by atoms with E-state index < -0.39 is 35.3 Å². The second kappa shape index (κ2) is 16.2. The highest BCUT2D eigenvalue weighted by Crippen LogP contribution is 2.27. The molecule has 5 aromatic rings. The van der Waals surface area contributed by atoms with Crippen LogP contribution in [-0.2, 0) is 9.59 Å². The minimum Gasteiger partial charge on any atom is -0.372 e. The average Bonchev–Trinajstić information content (AvgIpc) is 3.90. The lowest BCUT2D eigenvalue weighted by atomic mass is 10.0. The summed E-state index contributed by atoms with van der Waals surface area (Å²) in [6, 6.07) is 19.5. The zero-order chi connectivity index (χ0) is 39.2. The summed E-state index contributed by atoms with van der Waals surface area (Å²) < 4.78 is 1.53. The number of likely N-dealkylation sites (N-methyl/N-ethyl adjacent to an activating group) is 2. The van der Waals surface area contributed by atoms with E-state index in [9.17, 15) is 34.7 Å². The number of carbonyl (C=O) groups is 4. The van der Waals surface area contributed by atoms with Gasteiger partial charge >= 0.3 is 0 Å². The molecule has 15 heteroatoms. The first kappa shape index (κ1) is 38.4. The van der Waals surface area contributed by atoms with Crippen LogP contribution in [0, 0.1) is 35.0 Å². The number of aromatic nitrogens is 3. The molecule has 2 atom stereocenters. The number of nitrogens with zero attached hydrogens (tertiary/aromatic N) is 6. The molecule has 1 fully saturated rings. The number of nitriles is 1. The number of aliphatic hydroxyl groups is 2. The van der Waals surface area contributed by atoms with Gasteiger partial charge in [-0.2, -0.15) is 5.26 Å². The number of fused-ring (bicyclic) bond motifs is 1. The number of likely N-dealkylation sites (tertiary alicyclic amines) is 1. The van der Waals surface area contributed by atoms with Crippen molar-refractivity contribution in [1.82, 2.24) is 24.2 Å². The number of hydrogen-bond acceptors (Lipinski definition) is 10. The number of nitrogens with two attached hydrogens (primary N) is 2. The summed E-state index contributed by atoms with van der Waals surface area (Å²) in [4.78, 5) is 58.2. The van der Waals surface area contributed by atoms with Crippen molar-refractivity contribution in [3.63, 3.8) is 0 Å². The number of hydrogen-bond donors (Lipinski definition) is 4. The largest absolute Gasteiger partial charge is 0.372 e. The van der Waals surface area contributed by atoms with Gasteiger partial charge in [0, 0.05) is 67.4 Å². The van der Waals surface area contributed by atoms with E-state index in [0.717, 1.165) is 5.56 Å². The predicted octanol–water partition coefficient (Wildman–Crippen LogP) is 2.02. The molecular weight excluding hydrogens is 709 g/mol. The molecule has 4 amide bonds. The molecule has 0 radical (unpaired) electrons. The van der Waals surface area contributed by atoms with Gasteiger partial charge < -0.3 is 31.5 Å². The molecule has 2 aromatic carbocycles. The summed E-state index contributed by atoms with van der Waals surface area (Å²) in [5, 5.41) is 31.5.